The highest BCUT2D eigenvalue weighted by Crippen LogP contribution is 2.46. The molecule has 2 fully saturated rings. The van der Waals surface area contributed by atoms with E-state index in [1.807, 2.05) is 36.4 Å². The molecule has 27 heavy (non-hydrogen) atoms. The van der Waals surface area contributed by atoms with Crippen LogP contribution in [0.3, 0.4) is 0 Å². The van der Waals surface area contributed by atoms with E-state index < -0.39 is 29.7 Å². The van der Waals surface area contributed by atoms with Gasteiger partial charge >= 0.3 is 11.9 Å². The summed E-state index contributed by atoms with van der Waals surface area (Å²) in [6.45, 7) is 4.35. The Kier molecular flexibility index (Phi) is 6.29. The molecule has 0 aromatic heterocycles. The molecule has 0 radical (unpaired) electrons. The number of ether oxygens (including phenoxy) is 4. The molecule has 2 aliphatic heterocycles. The lowest BCUT2D eigenvalue weighted by Gasteiger charge is -2.42. The van der Waals surface area contributed by atoms with Crippen molar-refractivity contribution in [2.45, 2.75) is 39.1 Å². The van der Waals surface area contributed by atoms with Gasteiger partial charge in [0.2, 0.25) is 0 Å². The van der Waals surface area contributed by atoms with Crippen LogP contribution >= 0.6 is 0 Å². The van der Waals surface area contributed by atoms with Gasteiger partial charge in [0.15, 0.2) is 11.7 Å². The van der Waals surface area contributed by atoms with Gasteiger partial charge in [0.05, 0.1) is 19.8 Å². The minimum atomic E-state index is -1.52. The molecule has 3 atom stereocenters. The molecule has 2 aliphatic rings. The highest BCUT2D eigenvalue weighted by atomic mass is 16.7. The van der Waals surface area contributed by atoms with Crippen LogP contribution in [0, 0.1) is 11.3 Å². The van der Waals surface area contributed by atoms with Crippen molar-refractivity contribution in [3.05, 3.63) is 42.0 Å². The van der Waals surface area contributed by atoms with Gasteiger partial charge in [-0.05, 0) is 32.3 Å². The second-order valence-electron chi connectivity index (χ2n) is 6.73. The Morgan fingerprint density at radius 2 is 1.81 bits per heavy atom. The van der Waals surface area contributed by atoms with Gasteiger partial charge in [-0.3, -0.25) is 9.59 Å². The fraction of sp³-hybridized carbons (Fsp3) is 0.524. The van der Waals surface area contributed by atoms with Gasteiger partial charge in [-0.15, -0.1) is 0 Å². The van der Waals surface area contributed by atoms with Crippen molar-refractivity contribution in [2.75, 3.05) is 19.8 Å². The molecular weight excluding hydrogens is 348 g/mol. The van der Waals surface area contributed by atoms with Gasteiger partial charge < -0.3 is 18.9 Å². The van der Waals surface area contributed by atoms with Crippen LogP contribution in [0.25, 0.3) is 6.08 Å². The van der Waals surface area contributed by atoms with Gasteiger partial charge in [-0.2, -0.15) is 0 Å². The first kappa shape index (κ1) is 19.6. The fourth-order valence-electron chi connectivity index (χ4n) is 3.72. The summed E-state index contributed by atoms with van der Waals surface area (Å²) in [6.07, 6.45) is 3.36. The summed E-state index contributed by atoms with van der Waals surface area (Å²) in [7, 11) is 0. The van der Waals surface area contributed by atoms with Crippen molar-refractivity contribution in [1.29, 1.82) is 0 Å². The molecule has 0 N–H and O–H groups in total. The van der Waals surface area contributed by atoms with Crippen molar-refractivity contribution in [3.8, 4) is 0 Å². The van der Waals surface area contributed by atoms with E-state index in [1.165, 1.54) is 0 Å². The number of carbonyl (C=O) groups excluding carboxylic acids is 2. The molecule has 6 heteroatoms. The Balaban J connectivity index is 1.98. The topological polar surface area (TPSA) is 71.1 Å². The lowest BCUT2D eigenvalue weighted by atomic mass is 9.71. The van der Waals surface area contributed by atoms with E-state index >= 15 is 0 Å². The van der Waals surface area contributed by atoms with Crippen LogP contribution in [0.4, 0.5) is 0 Å². The second-order valence-corrected chi connectivity index (χ2v) is 6.73. The lowest BCUT2D eigenvalue weighted by molar-refractivity contribution is -0.229. The first-order valence-corrected chi connectivity index (χ1v) is 9.46. The lowest BCUT2D eigenvalue weighted by Crippen LogP contribution is -2.57. The molecule has 0 spiro atoms. The summed E-state index contributed by atoms with van der Waals surface area (Å²) in [5.41, 5.74) is -0.580. The molecular formula is C21H26O6. The average molecular weight is 374 g/mol. The maximum atomic E-state index is 13.0. The van der Waals surface area contributed by atoms with E-state index in [2.05, 4.69) is 0 Å². The van der Waals surface area contributed by atoms with Crippen LogP contribution in [0.1, 0.15) is 32.3 Å². The third-order valence-electron chi connectivity index (χ3n) is 5.05. The number of hydrogen-bond donors (Lipinski definition) is 0. The van der Waals surface area contributed by atoms with Crippen molar-refractivity contribution in [2.24, 2.45) is 11.3 Å². The van der Waals surface area contributed by atoms with Crippen molar-refractivity contribution in [1.82, 2.24) is 0 Å². The largest absolute Gasteiger partial charge is 0.465 e. The third kappa shape index (κ3) is 3.92. The van der Waals surface area contributed by atoms with Gasteiger partial charge in [0, 0.05) is 5.92 Å². The Morgan fingerprint density at radius 1 is 1.15 bits per heavy atom. The van der Waals surface area contributed by atoms with Crippen LogP contribution in [0.2, 0.25) is 0 Å². The van der Waals surface area contributed by atoms with Crippen LogP contribution in [0.15, 0.2) is 36.4 Å². The van der Waals surface area contributed by atoms with Gasteiger partial charge in [-0.25, -0.2) is 0 Å². The number of carbonyl (C=O) groups is 2. The monoisotopic (exact) mass is 374 g/mol. The predicted octanol–water partition coefficient (Wildman–Crippen LogP) is 2.96. The summed E-state index contributed by atoms with van der Waals surface area (Å²) < 4.78 is 22.3. The summed E-state index contributed by atoms with van der Waals surface area (Å²) in [4.78, 5) is 25.9. The Hall–Kier alpha value is -2.18. The molecule has 0 aliphatic carbocycles. The van der Waals surface area contributed by atoms with Gasteiger partial charge in [0.25, 0.3) is 0 Å². The predicted molar refractivity (Wildman–Crippen MR) is 98.5 cm³/mol. The van der Waals surface area contributed by atoms with Crippen molar-refractivity contribution >= 4 is 18.0 Å². The smallest absolute Gasteiger partial charge is 0.326 e. The molecule has 0 amide bonds. The van der Waals surface area contributed by atoms with Gasteiger partial charge in [0.1, 0.15) is 6.10 Å². The minimum Gasteiger partial charge on any atom is -0.465 e. The summed E-state index contributed by atoms with van der Waals surface area (Å²) in [5, 5.41) is 0. The summed E-state index contributed by atoms with van der Waals surface area (Å²) in [6, 6.07) is 9.63. The minimum absolute atomic E-state index is 0.0415. The van der Waals surface area contributed by atoms with Gasteiger partial charge in [-0.1, -0.05) is 42.5 Å². The highest BCUT2D eigenvalue weighted by molar-refractivity contribution is 6.01. The van der Waals surface area contributed by atoms with Crippen LogP contribution in [-0.4, -0.2) is 44.2 Å². The first-order chi connectivity index (χ1) is 13.1. The molecule has 1 aromatic carbocycles. The van der Waals surface area contributed by atoms with E-state index in [1.54, 1.807) is 19.9 Å². The van der Waals surface area contributed by atoms with Crippen LogP contribution in [0.5, 0.6) is 0 Å². The molecule has 1 aromatic rings. The summed E-state index contributed by atoms with van der Waals surface area (Å²) >= 11 is 0. The Labute approximate surface area is 159 Å². The number of esters is 2. The van der Waals surface area contributed by atoms with E-state index in [0.29, 0.717) is 13.0 Å². The quantitative estimate of drug-likeness (QED) is 0.563. The average Bonchev–Trinajstić information content (AvgIpc) is 3.13. The first-order valence-electron chi connectivity index (χ1n) is 9.46. The SMILES string of the molecule is CCOC(=O)C1(C(=O)OCC)C[C@@H]2CCO[C@@H]2O[C@@H]1/C=C/c1ccccc1. The molecule has 2 saturated heterocycles. The fourth-order valence-corrected chi connectivity index (χ4v) is 3.72. The standard InChI is InChI=1S/C21H26O6/c1-3-24-19(22)21(20(23)25-4-2)14-16-12-13-26-18(16)27-17(21)11-10-15-8-6-5-7-9-15/h5-11,16-18H,3-4,12-14H2,1-2H3/b11-10+/t16-,17+,18+/m0/s1. The molecule has 0 unspecified atom stereocenters. The Bertz CT molecular complexity index is 665. The maximum Gasteiger partial charge on any atom is 0.326 e. The molecule has 0 saturated carbocycles. The van der Waals surface area contributed by atoms with Crippen LogP contribution < -0.4 is 0 Å². The normalized spacial score (nSPS) is 26.5. The Morgan fingerprint density at radius 3 is 2.44 bits per heavy atom. The number of benzene rings is 1. The number of fused-ring (bicyclic) bond motifs is 1. The third-order valence-corrected chi connectivity index (χ3v) is 5.05. The molecule has 6 nitrogen and oxygen atoms in total. The molecule has 3 rings (SSSR count). The second kappa shape index (κ2) is 8.67. The number of hydrogen-bond acceptors (Lipinski definition) is 6. The molecule has 146 valence electrons. The zero-order valence-corrected chi connectivity index (χ0v) is 15.8. The van der Waals surface area contributed by atoms with E-state index in [-0.39, 0.29) is 19.1 Å². The van der Waals surface area contributed by atoms with Crippen LogP contribution in [-0.2, 0) is 28.5 Å². The van der Waals surface area contributed by atoms with E-state index in [9.17, 15) is 9.59 Å². The zero-order chi connectivity index (χ0) is 19.3. The molecule has 2 heterocycles. The number of rotatable bonds is 6. The van der Waals surface area contributed by atoms with E-state index in [4.69, 9.17) is 18.9 Å². The molecule has 0 bridgehead atoms. The zero-order valence-electron chi connectivity index (χ0n) is 15.8. The maximum absolute atomic E-state index is 13.0. The van der Waals surface area contributed by atoms with E-state index in [0.717, 1.165) is 12.0 Å². The van der Waals surface area contributed by atoms with Crippen molar-refractivity contribution < 1.29 is 28.5 Å². The highest BCUT2D eigenvalue weighted by Gasteiger charge is 2.61. The summed E-state index contributed by atoms with van der Waals surface area (Å²) in [5.74, 6) is -1.24. The van der Waals surface area contributed by atoms with Crippen molar-refractivity contribution in [3.63, 3.8) is 0 Å².